The number of nitrogens with zero attached hydrogens (tertiary/aromatic N) is 4. The van der Waals surface area contributed by atoms with Crippen molar-refractivity contribution >= 4 is 47.2 Å². The molecule has 0 radical (unpaired) electrons. The van der Waals surface area contributed by atoms with Crippen molar-refractivity contribution in [1.29, 1.82) is 0 Å². The molecule has 4 aliphatic heterocycles. The molecule has 7 amide bonds. The minimum atomic E-state index is -1.67. The molecule has 5 heterocycles. The maximum absolute atomic E-state index is 14.6. The molecule has 0 saturated carbocycles. The molecule has 2 aromatic rings. The van der Waals surface area contributed by atoms with Crippen LogP contribution < -0.4 is 21.3 Å². The van der Waals surface area contributed by atoms with E-state index in [2.05, 4.69) is 26.3 Å². The zero-order valence-corrected chi connectivity index (χ0v) is 32.3. The molecular formula is C39H47F3N8O8. The van der Waals surface area contributed by atoms with Crippen molar-refractivity contribution < 1.29 is 51.5 Å². The number of cyclic esters (lactones) is 1. The highest BCUT2D eigenvalue weighted by Gasteiger charge is 2.47. The van der Waals surface area contributed by atoms with Crippen LogP contribution >= 0.6 is 0 Å². The summed E-state index contributed by atoms with van der Waals surface area (Å²) in [4.78, 5) is 105. The SMILES string of the molecule is C[C@@H]1C[C@H]2C(=O)O[C@@H](C)[C@H](NC(=O)[C@H](Cc3cc(F)cc(F)c3)NC(=O)Nc3ccc(F)nc3)C(=O)N3CCC[C@H]3C(=O)N3CCCC[C@H]3C(=O)N[C@@H](C)C(=O)N2C1. The zero-order chi connectivity index (χ0) is 41.8. The summed E-state index contributed by atoms with van der Waals surface area (Å²) < 4.78 is 47.8. The van der Waals surface area contributed by atoms with E-state index in [0.717, 1.165) is 24.4 Å². The monoisotopic (exact) mass is 812 g/mol. The third kappa shape index (κ3) is 9.50. The van der Waals surface area contributed by atoms with Crippen LogP contribution in [0.5, 0.6) is 0 Å². The van der Waals surface area contributed by atoms with Gasteiger partial charge in [-0.25, -0.2) is 23.4 Å². The van der Waals surface area contributed by atoms with E-state index in [-0.39, 0.29) is 49.6 Å². The first-order valence-corrected chi connectivity index (χ1v) is 19.5. The van der Waals surface area contributed by atoms with E-state index in [1.807, 2.05) is 6.92 Å². The molecule has 0 aliphatic carbocycles. The molecule has 58 heavy (non-hydrogen) atoms. The molecular weight excluding hydrogens is 765 g/mol. The molecule has 0 unspecified atom stereocenters. The molecule has 16 nitrogen and oxygen atoms in total. The fourth-order valence-electron chi connectivity index (χ4n) is 8.17. The van der Waals surface area contributed by atoms with Crippen LogP contribution in [-0.4, -0.2) is 123 Å². The first kappa shape index (κ1) is 41.9. The predicted octanol–water partition coefficient (Wildman–Crippen LogP) is 1.78. The van der Waals surface area contributed by atoms with Crippen LogP contribution in [0.25, 0.3) is 0 Å². The number of pyridine rings is 1. The van der Waals surface area contributed by atoms with Gasteiger partial charge in [-0.2, -0.15) is 4.39 Å². The number of anilines is 1. The minimum Gasteiger partial charge on any atom is -0.458 e. The normalized spacial score (nSPS) is 27.5. The number of halogens is 3. The van der Waals surface area contributed by atoms with E-state index in [4.69, 9.17) is 4.74 Å². The molecule has 4 fully saturated rings. The number of rotatable bonds is 6. The maximum Gasteiger partial charge on any atom is 0.329 e. The summed E-state index contributed by atoms with van der Waals surface area (Å²) in [6, 6.07) is -3.62. The number of aromatic nitrogens is 1. The third-order valence-electron chi connectivity index (χ3n) is 11.0. The number of carbonyl (C=O) groups is 7. The van der Waals surface area contributed by atoms with Crippen LogP contribution in [0, 0.1) is 23.5 Å². The van der Waals surface area contributed by atoms with Gasteiger partial charge in [-0.3, -0.25) is 24.0 Å². The van der Waals surface area contributed by atoms with Crippen LogP contribution in [0.15, 0.2) is 36.5 Å². The maximum atomic E-state index is 14.6. The van der Waals surface area contributed by atoms with Gasteiger partial charge in [0, 0.05) is 32.1 Å². The number of nitrogens with one attached hydrogen (secondary N) is 4. The number of amides is 7. The van der Waals surface area contributed by atoms with Gasteiger partial charge >= 0.3 is 12.0 Å². The lowest BCUT2D eigenvalue weighted by molar-refractivity contribution is -0.163. The number of carbonyl (C=O) groups excluding carboxylic acids is 7. The Balaban J connectivity index is 1.34. The number of hydrogen-bond acceptors (Lipinski definition) is 9. The lowest BCUT2D eigenvalue weighted by Gasteiger charge is -2.39. The quantitative estimate of drug-likeness (QED) is 0.248. The number of ether oxygens (including phenoxy) is 1. The van der Waals surface area contributed by atoms with Crippen molar-refractivity contribution in [3.8, 4) is 0 Å². The number of fused-ring (bicyclic) bond motifs is 3. The van der Waals surface area contributed by atoms with Crippen LogP contribution in [0.1, 0.15) is 64.9 Å². The van der Waals surface area contributed by atoms with E-state index in [0.29, 0.717) is 31.7 Å². The van der Waals surface area contributed by atoms with E-state index < -0.39 is 108 Å². The first-order chi connectivity index (χ1) is 27.6. The summed E-state index contributed by atoms with van der Waals surface area (Å²) in [7, 11) is 0. The topological polar surface area (TPSA) is 199 Å². The van der Waals surface area contributed by atoms with Crippen LogP contribution in [0.4, 0.5) is 23.7 Å². The molecule has 4 saturated heterocycles. The largest absolute Gasteiger partial charge is 0.458 e. The summed E-state index contributed by atoms with van der Waals surface area (Å²) in [6.07, 6.45) is 1.57. The van der Waals surface area contributed by atoms with E-state index in [1.165, 1.54) is 34.6 Å². The molecule has 6 rings (SSSR count). The highest BCUT2D eigenvalue weighted by molar-refractivity contribution is 5.98. The van der Waals surface area contributed by atoms with Crippen molar-refractivity contribution in [1.82, 2.24) is 35.6 Å². The van der Waals surface area contributed by atoms with Gasteiger partial charge in [-0.05, 0) is 88.1 Å². The summed E-state index contributed by atoms with van der Waals surface area (Å²) in [5.41, 5.74) is 0.00860. The van der Waals surface area contributed by atoms with Gasteiger partial charge in [0.2, 0.25) is 35.5 Å². The Hall–Kier alpha value is -5.75. The average Bonchev–Trinajstić information content (AvgIpc) is 3.83. The Labute approximate surface area is 332 Å². The van der Waals surface area contributed by atoms with Crippen LogP contribution in [-0.2, 0) is 39.9 Å². The Kier molecular flexibility index (Phi) is 12.9. The Morgan fingerprint density at radius 1 is 0.862 bits per heavy atom. The highest BCUT2D eigenvalue weighted by atomic mass is 19.1. The van der Waals surface area contributed by atoms with Gasteiger partial charge in [0.15, 0.2) is 0 Å². The number of benzene rings is 1. The minimum absolute atomic E-state index is 0.0372. The number of urea groups is 1. The summed E-state index contributed by atoms with van der Waals surface area (Å²) in [5.74, 6) is -7.09. The molecule has 19 heteroatoms. The second kappa shape index (κ2) is 17.8. The fraction of sp³-hybridized carbons (Fsp3) is 0.538. The Bertz CT molecular complexity index is 1920. The van der Waals surface area contributed by atoms with Gasteiger partial charge in [-0.1, -0.05) is 6.92 Å². The lowest BCUT2D eigenvalue weighted by atomic mass is 9.99. The molecule has 8 atom stereocenters. The van der Waals surface area contributed by atoms with Crippen molar-refractivity contribution in [2.75, 3.05) is 25.0 Å². The lowest BCUT2D eigenvalue weighted by Crippen LogP contribution is -2.63. The fourth-order valence-corrected chi connectivity index (χ4v) is 8.17. The van der Waals surface area contributed by atoms with E-state index >= 15 is 0 Å². The highest BCUT2D eigenvalue weighted by Crippen LogP contribution is 2.29. The molecule has 1 aromatic heterocycles. The van der Waals surface area contributed by atoms with Gasteiger partial charge in [0.25, 0.3) is 0 Å². The molecule has 312 valence electrons. The molecule has 4 aliphatic rings. The van der Waals surface area contributed by atoms with Crippen LogP contribution in [0.3, 0.4) is 0 Å². The zero-order valence-electron chi connectivity index (χ0n) is 32.3. The van der Waals surface area contributed by atoms with Gasteiger partial charge < -0.3 is 40.7 Å². The van der Waals surface area contributed by atoms with E-state index in [1.54, 1.807) is 0 Å². The smallest absolute Gasteiger partial charge is 0.329 e. The van der Waals surface area contributed by atoms with Gasteiger partial charge in [0.05, 0.1) is 11.9 Å². The van der Waals surface area contributed by atoms with Crippen molar-refractivity contribution in [2.24, 2.45) is 5.92 Å². The Morgan fingerprint density at radius 3 is 2.26 bits per heavy atom. The third-order valence-corrected chi connectivity index (χ3v) is 11.0. The van der Waals surface area contributed by atoms with E-state index in [9.17, 15) is 46.7 Å². The second-order valence-electron chi connectivity index (χ2n) is 15.4. The number of piperidine rings is 1. The van der Waals surface area contributed by atoms with Crippen molar-refractivity contribution in [3.05, 3.63) is 59.7 Å². The van der Waals surface area contributed by atoms with Crippen molar-refractivity contribution in [3.63, 3.8) is 0 Å². The molecule has 1 aromatic carbocycles. The van der Waals surface area contributed by atoms with Crippen molar-refractivity contribution in [2.45, 2.75) is 108 Å². The van der Waals surface area contributed by atoms with Gasteiger partial charge in [0.1, 0.15) is 54.0 Å². The molecule has 4 N–H and O–H groups in total. The first-order valence-electron chi connectivity index (χ1n) is 19.5. The predicted molar refractivity (Wildman–Crippen MR) is 199 cm³/mol. The van der Waals surface area contributed by atoms with Crippen LogP contribution in [0.2, 0.25) is 0 Å². The number of esters is 1. The number of hydrogen-bond donors (Lipinski definition) is 4. The second-order valence-corrected chi connectivity index (χ2v) is 15.4. The molecule has 0 bridgehead atoms. The summed E-state index contributed by atoms with van der Waals surface area (Å²) in [5, 5.41) is 10.1. The summed E-state index contributed by atoms with van der Waals surface area (Å²) in [6.45, 7) is 5.22. The summed E-state index contributed by atoms with van der Waals surface area (Å²) >= 11 is 0. The average molecular weight is 813 g/mol. The Morgan fingerprint density at radius 2 is 1.55 bits per heavy atom. The molecule has 0 spiro atoms. The standard InChI is InChI=1S/C39H47F3N8O8/c1-20-13-30-38(56)58-22(3)32(47-33(51)27(16-23-14-24(40)17-25(41)15-23)46-39(57)45-26-9-10-31(42)43-18-26)37(55)49-12-6-8-29(49)36(54)48-11-5-4-7-28(48)34(52)44-21(2)35(53)50(30)19-20/h9-10,14-15,17-18,20-22,27-30,32H,4-8,11-13,16,19H2,1-3H3,(H,44,52)(H,47,51)(H2,45,46,57)/t20-,21+,22+,27+,28+,29+,30+,32+/m1/s1. The van der Waals surface area contributed by atoms with Gasteiger partial charge in [-0.15, -0.1) is 0 Å².